The molecule has 40 heavy (non-hydrogen) atoms. The lowest BCUT2D eigenvalue weighted by atomic mass is 10.1. The van der Waals surface area contributed by atoms with E-state index in [0.29, 0.717) is 22.0 Å². The number of carbonyl (C=O) groups excluding carboxylic acids is 3. The number of thioether (sulfide) groups is 1. The van der Waals surface area contributed by atoms with Gasteiger partial charge in [-0.25, -0.2) is 0 Å². The minimum atomic E-state index is -0.475. The van der Waals surface area contributed by atoms with Crippen LogP contribution < -0.4 is 16.0 Å². The van der Waals surface area contributed by atoms with Gasteiger partial charge in [0.25, 0.3) is 11.8 Å². The molecule has 4 aromatic rings. The van der Waals surface area contributed by atoms with Crippen molar-refractivity contribution >= 4 is 58.5 Å². The Hall–Kier alpha value is -4.33. The fraction of sp³-hybridized carbons (Fsp3) is 0.0938. The van der Waals surface area contributed by atoms with Crippen molar-refractivity contribution in [1.29, 1.82) is 0 Å². The average molecular weight is 570 g/mol. The second kappa shape index (κ2) is 13.6. The SMILES string of the molecule is Cc1c(Cl)cccc1NC(=O)C(C)Sc1cccc(NC(=O)/C(=C/c2ccccc2)NC(=O)c2ccccc2)c1. The van der Waals surface area contributed by atoms with Crippen LogP contribution in [-0.2, 0) is 9.59 Å². The molecule has 0 aromatic heterocycles. The first-order chi connectivity index (χ1) is 19.3. The quantitative estimate of drug-likeness (QED) is 0.147. The fourth-order valence-corrected chi connectivity index (χ4v) is 4.84. The highest BCUT2D eigenvalue weighted by atomic mass is 35.5. The number of anilines is 2. The lowest BCUT2D eigenvalue weighted by molar-refractivity contribution is -0.115. The van der Waals surface area contributed by atoms with Gasteiger partial charge < -0.3 is 16.0 Å². The topological polar surface area (TPSA) is 87.3 Å². The maximum Gasteiger partial charge on any atom is 0.272 e. The van der Waals surface area contributed by atoms with Crippen molar-refractivity contribution in [2.45, 2.75) is 24.0 Å². The van der Waals surface area contributed by atoms with Crippen LogP contribution in [0, 0.1) is 6.92 Å². The highest BCUT2D eigenvalue weighted by molar-refractivity contribution is 8.00. The molecule has 6 nitrogen and oxygen atoms in total. The highest BCUT2D eigenvalue weighted by Gasteiger charge is 2.18. The molecule has 202 valence electrons. The van der Waals surface area contributed by atoms with Crippen molar-refractivity contribution in [2.24, 2.45) is 0 Å². The number of benzene rings is 4. The van der Waals surface area contributed by atoms with Crippen LogP contribution in [0.15, 0.2) is 114 Å². The summed E-state index contributed by atoms with van der Waals surface area (Å²) in [5, 5.41) is 8.70. The zero-order chi connectivity index (χ0) is 28.5. The molecule has 3 N–H and O–H groups in total. The Morgan fingerprint density at radius 2 is 1.50 bits per heavy atom. The third-order valence-electron chi connectivity index (χ3n) is 5.94. The van der Waals surface area contributed by atoms with Gasteiger partial charge in [-0.3, -0.25) is 14.4 Å². The van der Waals surface area contributed by atoms with Crippen molar-refractivity contribution in [3.05, 3.63) is 131 Å². The Morgan fingerprint density at radius 3 is 2.23 bits per heavy atom. The summed E-state index contributed by atoms with van der Waals surface area (Å²) in [4.78, 5) is 39.8. The molecule has 0 bridgehead atoms. The molecule has 3 amide bonds. The van der Waals surface area contributed by atoms with Crippen LogP contribution in [0.25, 0.3) is 6.08 Å². The highest BCUT2D eigenvalue weighted by Crippen LogP contribution is 2.28. The number of rotatable bonds is 9. The van der Waals surface area contributed by atoms with E-state index in [1.807, 2.05) is 62.4 Å². The molecule has 0 fully saturated rings. The third-order valence-corrected chi connectivity index (χ3v) is 7.44. The first-order valence-corrected chi connectivity index (χ1v) is 13.8. The summed E-state index contributed by atoms with van der Waals surface area (Å²) in [5.41, 5.74) is 3.30. The molecule has 0 aliphatic rings. The Morgan fingerprint density at radius 1 is 0.825 bits per heavy atom. The first kappa shape index (κ1) is 28.7. The maximum atomic E-state index is 13.3. The lowest BCUT2D eigenvalue weighted by Crippen LogP contribution is -2.30. The Kier molecular flexibility index (Phi) is 9.78. The van der Waals surface area contributed by atoms with E-state index in [-0.39, 0.29) is 11.6 Å². The van der Waals surface area contributed by atoms with Crippen LogP contribution >= 0.6 is 23.4 Å². The van der Waals surface area contributed by atoms with Crippen LogP contribution in [0.2, 0.25) is 5.02 Å². The number of hydrogen-bond acceptors (Lipinski definition) is 4. The van der Waals surface area contributed by atoms with Crippen molar-refractivity contribution < 1.29 is 14.4 Å². The summed E-state index contributed by atoms with van der Waals surface area (Å²) < 4.78 is 0. The molecule has 1 atom stereocenters. The number of hydrogen-bond donors (Lipinski definition) is 3. The van der Waals surface area contributed by atoms with Crippen molar-refractivity contribution in [1.82, 2.24) is 5.32 Å². The summed E-state index contributed by atoms with van der Waals surface area (Å²) in [5.74, 6) is -1.03. The van der Waals surface area contributed by atoms with Gasteiger partial charge in [0, 0.05) is 26.9 Å². The van der Waals surface area contributed by atoms with E-state index >= 15 is 0 Å². The Labute approximate surface area is 242 Å². The molecule has 4 rings (SSSR count). The summed E-state index contributed by atoms with van der Waals surface area (Å²) in [6, 6.07) is 30.5. The average Bonchev–Trinajstić information content (AvgIpc) is 2.96. The molecular formula is C32H28ClN3O3S. The second-order valence-corrected chi connectivity index (χ2v) is 10.8. The minimum Gasteiger partial charge on any atom is -0.325 e. The molecule has 8 heteroatoms. The molecule has 0 saturated carbocycles. The molecule has 0 aliphatic heterocycles. The number of carbonyl (C=O) groups is 3. The minimum absolute atomic E-state index is 0.0998. The number of amides is 3. The molecular weight excluding hydrogens is 542 g/mol. The molecule has 4 aromatic carbocycles. The largest absolute Gasteiger partial charge is 0.325 e. The van der Waals surface area contributed by atoms with E-state index in [4.69, 9.17) is 11.6 Å². The molecule has 1 unspecified atom stereocenters. The van der Waals surface area contributed by atoms with Gasteiger partial charge in [-0.1, -0.05) is 72.3 Å². The van der Waals surface area contributed by atoms with E-state index in [0.717, 1.165) is 16.0 Å². The summed E-state index contributed by atoms with van der Waals surface area (Å²) >= 11 is 7.53. The monoisotopic (exact) mass is 569 g/mol. The summed E-state index contributed by atoms with van der Waals surface area (Å²) in [7, 11) is 0. The van der Waals surface area contributed by atoms with Gasteiger partial charge in [0.1, 0.15) is 5.70 Å². The van der Waals surface area contributed by atoms with Crippen LogP contribution in [-0.4, -0.2) is 23.0 Å². The summed E-state index contributed by atoms with van der Waals surface area (Å²) in [6.45, 7) is 3.66. The van der Waals surface area contributed by atoms with E-state index in [1.165, 1.54) is 11.8 Å². The molecule has 0 radical (unpaired) electrons. The molecule has 0 spiro atoms. The second-order valence-electron chi connectivity index (χ2n) is 8.93. The van der Waals surface area contributed by atoms with E-state index in [2.05, 4.69) is 16.0 Å². The van der Waals surface area contributed by atoms with Gasteiger partial charge in [0.15, 0.2) is 0 Å². The molecule has 0 saturated heterocycles. The van der Waals surface area contributed by atoms with Gasteiger partial charge >= 0.3 is 0 Å². The number of halogens is 1. The van der Waals surface area contributed by atoms with Gasteiger partial charge in [-0.2, -0.15) is 0 Å². The molecule has 0 heterocycles. The van der Waals surface area contributed by atoms with Crippen LogP contribution in [0.5, 0.6) is 0 Å². The summed E-state index contributed by atoms with van der Waals surface area (Å²) in [6.07, 6.45) is 1.62. The fourth-order valence-electron chi connectivity index (χ4n) is 3.74. The smallest absolute Gasteiger partial charge is 0.272 e. The van der Waals surface area contributed by atoms with E-state index in [1.54, 1.807) is 60.7 Å². The number of nitrogens with one attached hydrogen (secondary N) is 3. The predicted octanol–water partition coefficient (Wildman–Crippen LogP) is 7.18. The zero-order valence-electron chi connectivity index (χ0n) is 22.0. The van der Waals surface area contributed by atoms with E-state index < -0.39 is 17.1 Å². The van der Waals surface area contributed by atoms with Gasteiger partial charge in [0.2, 0.25) is 5.91 Å². The van der Waals surface area contributed by atoms with Crippen molar-refractivity contribution in [3.63, 3.8) is 0 Å². The standard InChI is InChI=1S/C32H28ClN3O3S/c1-21-27(33)17-10-18-28(21)35-30(37)22(2)40-26-16-9-15-25(20-26)34-32(39)29(19-23-11-5-3-6-12-23)36-31(38)24-13-7-4-8-14-24/h3-20,22H,1-2H3,(H,34,39)(H,35,37)(H,36,38)/b29-19-. The van der Waals surface area contributed by atoms with Crippen LogP contribution in [0.1, 0.15) is 28.4 Å². The first-order valence-electron chi connectivity index (χ1n) is 12.6. The van der Waals surface area contributed by atoms with Crippen molar-refractivity contribution in [2.75, 3.05) is 10.6 Å². The predicted molar refractivity (Wildman–Crippen MR) is 164 cm³/mol. The van der Waals surface area contributed by atoms with E-state index in [9.17, 15) is 14.4 Å². The zero-order valence-corrected chi connectivity index (χ0v) is 23.6. The van der Waals surface area contributed by atoms with Crippen LogP contribution in [0.3, 0.4) is 0 Å². The Bertz CT molecular complexity index is 1540. The van der Waals surface area contributed by atoms with Gasteiger partial charge in [0.05, 0.1) is 5.25 Å². The Balaban J connectivity index is 1.46. The normalized spacial score (nSPS) is 11.8. The van der Waals surface area contributed by atoms with Crippen LogP contribution in [0.4, 0.5) is 11.4 Å². The van der Waals surface area contributed by atoms with Gasteiger partial charge in [-0.15, -0.1) is 11.8 Å². The maximum absolute atomic E-state index is 13.3. The lowest BCUT2D eigenvalue weighted by Gasteiger charge is -2.15. The van der Waals surface area contributed by atoms with Gasteiger partial charge in [-0.05, 0) is 73.5 Å². The molecule has 0 aliphatic carbocycles. The van der Waals surface area contributed by atoms with Crippen molar-refractivity contribution in [3.8, 4) is 0 Å². The third kappa shape index (κ3) is 7.85.